The Kier molecular flexibility index (Phi) is 4.56. The lowest BCUT2D eigenvalue weighted by molar-refractivity contribution is 0.282. The predicted molar refractivity (Wildman–Crippen MR) is 25.2 cm³/mol. The molecule has 3 heteroatoms. The Morgan fingerprint density at radius 2 is 2.29 bits per heavy atom. The van der Waals surface area contributed by atoms with Crippen LogP contribution in [0.15, 0.2) is 18.7 Å². The van der Waals surface area contributed by atoms with E-state index in [0.717, 1.165) is 7.11 Å². The van der Waals surface area contributed by atoms with Crippen molar-refractivity contribution in [1.82, 2.24) is 9.97 Å². The minimum Gasteiger partial charge on any atom is -0.351 e. The lowest BCUT2D eigenvalue weighted by Gasteiger charge is -1.46. The predicted octanol–water partition coefficient (Wildman–Crippen LogP) is 0.456. The maximum Gasteiger partial charge on any atom is 0.0919 e. The molecule has 0 aromatic carbocycles. The lowest BCUT2D eigenvalue weighted by atomic mass is 11.0. The molecule has 0 amide bonds. The van der Waals surface area contributed by atoms with Crippen LogP contribution >= 0.6 is 0 Å². The minimum atomic E-state index is 0.750. The number of aromatic amines is 1. The van der Waals surface area contributed by atoms with Gasteiger partial charge >= 0.3 is 0 Å². The number of hydrogen-bond donors (Lipinski definition) is 1. The van der Waals surface area contributed by atoms with Gasteiger partial charge in [-0.15, -0.1) is 0 Å². The number of hydrogen-bond acceptors (Lipinski definition) is 1. The van der Waals surface area contributed by atoms with E-state index in [1.807, 2.05) is 0 Å². The molecular formula is C4H7N2O. The normalized spacial score (nSPS) is 6.57. The van der Waals surface area contributed by atoms with Gasteiger partial charge in [0.15, 0.2) is 0 Å². The molecular weight excluding hydrogens is 92.1 g/mol. The van der Waals surface area contributed by atoms with E-state index in [0.29, 0.717) is 0 Å². The van der Waals surface area contributed by atoms with Gasteiger partial charge < -0.3 is 4.98 Å². The van der Waals surface area contributed by atoms with Gasteiger partial charge in [-0.2, -0.15) is 0 Å². The van der Waals surface area contributed by atoms with E-state index in [-0.39, 0.29) is 0 Å². The fraction of sp³-hybridized carbons (Fsp3) is 0.250. The van der Waals surface area contributed by atoms with Crippen LogP contribution in [0.3, 0.4) is 0 Å². The SMILES string of the molecule is C[O].c1c[nH]cn1. The van der Waals surface area contributed by atoms with Gasteiger partial charge in [-0.25, -0.2) is 10.1 Å². The fourth-order valence-corrected chi connectivity index (χ4v) is 0.215. The molecule has 0 saturated carbocycles. The molecule has 0 saturated heterocycles. The third-order valence-corrected chi connectivity index (χ3v) is 0.406. The first-order chi connectivity index (χ1) is 3.50. The molecule has 7 heavy (non-hydrogen) atoms. The smallest absolute Gasteiger partial charge is 0.0919 e. The lowest BCUT2D eigenvalue weighted by Crippen LogP contribution is -1.44. The molecule has 1 aromatic rings. The van der Waals surface area contributed by atoms with Crippen LogP contribution in [0.1, 0.15) is 0 Å². The number of aromatic nitrogens is 2. The van der Waals surface area contributed by atoms with Crippen LogP contribution in [0, 0.1) is 0 Å². The Hall–Kier alpha value is -0.830. The Morgan fingerprint density at radius 1 is 1.57 bits per heavy atom. The quantitative estimate of drug-likeness (QED) is 0.504. The van der Waals surface area contributed by atoms with Crippen molar-refractivity contribution in [2.45, 2.75) is 0 Å². The first kappa shape index (κ1) is 6.17. The van der Waals surface area contributed by atoms with E-state index in [2.05, 4.69) is 9.97 Å². The zero-order valence-corrected chi connectivity index (χ0v) is 4.09. The number of nitrogens with zero attached hydrogens (tertiary/aromatic N) is 1. The van der Waals surface area contributed by atoms with E-state index in [1.54, 1.807) is 18.7 Å². The van der Waals surface area contributed by atoms with Crippen molar-refractivity contribution in [3.63, 3.8) is 0 Å². The van der Waals surface area contributed by atoms with Crippen LogP contribution in [0.5, 0.6) is 0 Å². The molecule has 0 spiro atoms. The van der Waals surface area contributed by atoms with Crippen LogP contribution in [-0.2, 0) is 5.11 Å². The van der Waals surface area contributed by atoms with Crippen LogP contribution in [0.25, 0.3) is 0 Å². The highest BCUT2D eigenvalue weighted by Gasteiger charge is 1.56. The van der Waals surface area contributed by atoms with E-state index < -0.39 is 0 Å². The van der Waals surface area contributed by atoms with Gasteiger partial charge in [0.25, 0.3) is 0 Å². The van der Waals surface area contributed by atoms with Crippen LogP contribution in [-0.4, -0.2) is 17.1 Å². The molecule has 1 rings (SSSR count). The second kappa shape index (κ2) is 5.17. The Bertz CT molecular complexity index is 66.2. The summed E-state index contributed by atoms with van der Waals surface area (Å²) in [7, 11) is 0.750. The molecule has 0 bridgehead atoms. The zero-order valence-electron chi connectivity index (χ0n) is 4.09. The fourth-order valence-electron chi connectivity index (χ4n) is 0.215. The Labute approximate surface area is 42.0 Å². The van der Waals surface area contributed by atoms with Crippen molar-refractivity contribution >= 4 is 0 Å². The van der Waals surface area contributed by atoms with Crippen molar-refractivity contribution in [2.75, 3.05) is 7.11 Å². The van der Waals surface area contributed by atoms with Gasteiger partial charge in [0.1, 0.15) is 0 Å². The van der Waals surface area contributed by atoms with Crippen LogP contribution in [0.4, 0.5) is 0 Å². The van der Waals surface area contributed by atoms with Gasteiger partial charge in [0, 0.05) is 12.4 Å². The van der Waals surface area contributed by atoms with Crippen molar-refractivity contribution in [1.29, 1.82) is 0 Å². The first-order valence-electron chi connectivity index (χ1n) is 1.84. The summed E-state index contributed by atoms with van der Waals surface area (Å²) < 4.78 is 0. The number of rotatable bonds is 0. The van der Waals surface area contributed by atoms with Crippen LogP contribution < -0.4 is 0 Å². The third kappa shape index (κ3) is 2.99. The van der Waals surface area contributed by atoms with Gasteiger partial charge in [-0.05, 0) is 0 Å². The molecule has 0 aliphatic rings. The van der Waals surface area contributed by atoms with Gasteiger partial charge in [-0.3, -0.25) is 0 Å². The number of H-pyrrole nitrogens is 1. The van der Waals surface area contributed by atoms with Crippen molar-refractivity contribution in [2.24, 2.45) is 0 Å². The van der Waals surface area contributed by atoms with Crippen molar-refractivity contribution < 1.29 is 5.11 Å². The molecule has 3 nitrogen and oxygen atoms in total. The standard InChI is InChI=1S/C3H4N2.CH3O/c1-2-5-3-4-1;1-2/h1-3H,(H,4,5);1H3. The molecule has 1 N–H and O–H groups in total. The van der Waals surface area contributed by atoms with Gasteiger partial charge in [0.2, 0.25) is 0 Å². The molecule has 39 valence electrons. The summed E-state index contributed by atoms with van der Waals surface area (Å²) >= 11 is 0. The van der Waals surface area contributed by atoms with Gasteiger partial charge in [0.05, 0.1) is 13.4 Å². The monoisotopic (exact) mass is 99.1 g/mol. The molecule has 1 aromatic heterocycles. The zero-order chi connectivity index (χ0) is 5.54. The van der Waals surface area contributed by atoms with Crippen molar-refractivity contribution in [3.8, 4) is 0 Å². The van der Waals surface area contributed by atoms with Gasteiger partial charge in [-0.1, -0.05) is 0 Å². The Morgan fingerprint density at radius 3 is 2.43 bits per heavy atom. The molecule has 0 atom stereocenters. The largest absolute Gasteiger partial charge is 0.351 e. The number of nitrogens with one attached hydrogen (secondary N) is 1. The van der Waals surface area contributed by atoms with Crippen molar-refractivity contribution in [3.05, 3.63) is 18.7 Å². The van der Waals surface area contributed by atoms with E-state index in [1.165, 1.54) is 0 Å². The summed E-state index contributed by atoms with van der Waals surface area (Å²) in [5.74, 6) is 0. The highest BCUT2D eigenvalue weighted by atomic mass is 16.2. The van der Waals surface area contributed by atoms with E-state index >= 15 is 0 Å². The van der Waals surface area contributed by atoms with E-state index in [9.17, 15) is 0 Å². The maximum atomic E-state index is 8.25. The molecule has 0 unspecified atom stereocenters. The molecule has 1 heterocycles. The highest BCUT2D eigenvalue weighted by Crippen LogP contribution is 1.62. The number of imidazole rings is 1. The topological polar surface area (TPSA) is 48.6 Å². The third-order valence-electron chi connectivity index (χ3n) is 0.406. The average Bonchev–Trinajstić information content (AvgIpc) is 2.23. The minimum absolute atomic E-state index is 0.750. The second-order valence-corrected chi connectivity index (χ2v) is 0.761. The summed E-state index contributed by atoms with van der Waals surface area (Å²) in [6, 6.07) is 0. The van der Waals surface area contributed by atoms with Crippen LogP contribution in [0.2, 0.25) is 0 Å². The van der Waals surface area contributed by atoms with E-state index in [4.69, 9.17) is 5.11 Å². The molecule has 0 fully saturated rings. The maximum absolute atomic E-state index is 8.25. The summed E-state index contributed by atoms with van der Waals surface area (Å²) in [5, 5.41) is 8.25. The molecule has 1 radical (unpaired) electrons. The molecule has 0 aliphatic carbocycles. The average molecular weight is 99.1 g/mol. The highest BCUT2D eigenvalue weighted by molar-refractivity contribution is 4.64. The summed E-state index contributed by atoms with van der Waals surface area (Å²) in [6.07, 6.45) is 5.08. The summed E-state index contributed by atoms with van der Waals surface area (Å²) in [5.41, 5.74) is 0. The first-order valence-corrected chi connectivity index (χ1v) is 1.84. The second-order valence-electron chi connectivity index (χ2n) is 0.761. The Balaban J connectivity index is 0.000000162. The summed E-state index contributed by atoms with van der Waals surface area (Å²) in [6.45, 7) is 0. The summed E-state index contributed by atoms with van der Waals surface area (Å²) in [4.78, 5) is 6.42. The molecule has 0 aliphatic heterocycles.